The van der Waals surface area contributed by atoms with Crippen LogP contribution in [0, 0.1) is 11.8 Å². The number of ether oxygens (including phenoxy) is 6. The molecule has 0 heterocycles. The Morgan fingerprint density at radius 3 is 1.44 bits per heavy atom. The first kappa shape index (κ1) is 34.5. The van der Waals surface area contributed by atoms with Crippen LogP contribution in [0.5, 0.6) is 0 Å². The van der Waals surface area contributed by atoms with Gasteiger partial charge in [0.15, 0.2) is 0 Å². The van der Waals surface area contributed by atoms with Crippen molar-refractivity contribution in [2.75, 3.05) is 92.9 Å². The third-order valence-electron chi connectivity index (χ3n) is 5.19. The normalized spacial score (nSPS) is 12.1. The number of hydrogen-bond acceptors (Lipinski definition) is 10. The minimum Gasteiger partial charge on any atom is -0.379 e. The summed E-state index contributed by atoms with van der Waals surface area (Å²) in [5.74, 6) is -0.211. The molecule has 0 aromatic carbocycles. The van der Waals surface area contributed by atoms with Crippen molar-refractivity contribution in [1.82, 2.24) is 5.32 Å². The molecule has 1 atom stereocenters. The number of carbonyl (C=O) groups is 3. The fourth-order valence-corrected chi connectivity index (χ4v) is 3.02. The highest BCUT2D eigenvalue weighted by molar-refractivity contribution is 5.86. The maximum Gasteiger partial charge on any atom is 0.223 e. The molecule has 0 aromatic rings. The van der Waals surface area contributed by atoms with E-state index in [4.69, 9.17) is 34.2 Å². The molecule has 3 N–H and O–H groups in total. The van der Waals surface area contributed by atoms with Gasteiger partial charge in [-0.1, -0.05) is 13.8 Å². The van der Waals surface area contributed by atoms with Gasteiger partial charge in [0.05, 0.1) is 79.2 Å². The SMILES string of the molecule is CNC(=O)[C@@H](CC(=O)CCOCCOCCOCCOCCOCCOCCCC(=O)CN)C(C)C. The number of ketones is 2. The van der Waals surface area contributed by atoms with Crippen LogP contribution in [0.2, 0.25) is 0 Å². The van der Waals surface area contributed by atoms with Crippen molar-refractivity contribution in [3.05, 3.63) is 0 Å². The molecule has 0 aliphatic heterocycles. The first-order valence-corrected chi connectivity index (χ1v) is 12.8. The summed E-state index contributed by atoms with van der Waals surface area (Å²) in [5, 5.41) is 2.61. The second kappa shape index (κ2) is 25.2. The number of rotatable bonds is 27. The zero-order chi connectivity index (χ0) is 26.9. The van der Waals surface area contributed by atoms with E-state index < -0.39 is 0 Å². The molecular weight excluding hydrogens is 472 g/mol. The van der Waals surface area contributed by atoms with Crippen LogP contribution in [0.3, 0.4) is 0 Å². The van der Waals surface area contributed by atoms with E-state index in [0.29, 0.717) is 98.5 Å². The standard InChI is InChI=1S/C25H48N2O9/c1-21(2)24(25(30)27-3)19-22(28)6-8-32-10-12-34-14-16-36-18-17-35-15-13-33-11-9-31-7-4-5-23(29)20-26/h21,24H,4-20,26H2,1-3H3,(H,27,30)/t24-/m0/s1. The second-order valence-corrected chi connectivity index (χ2v) is 8.48. The van der Waals surface area contributed by atoms with Crippen molar-refractivity contribution >= 4 is 17.5 Å². The van der Waals surface area contributed by atoms with E-state index in [-0.39, 0.29) is 42.3 Å². The molecule has 0 aliphatic rings. The number of carbonyl (C=O) groups excluding carboxylic acids is 3. The summed E-state index contributed by atoms with van der Waals surface area (Å²) in [6, 6.07) is 0. The monoisotopic (exact) mass is 520 g/mol. The average Bonchev–Trinajstić information content (AvgIpc) is 2.87. The Balaban J connectivity index is 3.31. The van der Waals surface area contributed by atoms with Crippen molar-refractivity contribution in [1.29, 1.82) is 0 Å². The molecular formula is C25H48N2O9. The lowest BCUT2D eigenvalue weighted by Crippen LogP contribution is -2.32. The van der Waals surface area contributed by atoms with Crippen LogP contribution in [0.25, 0.3) is 0 Å². The highest BCUT2D eigenvalue weighted by Gasteiger charge is 2.23. The second-order valence-electron chi connectivity index (χ2n) is 8.48. The summed E-state index contributed by atoms with van der Waals surface area (Å²) in [7, 11) is 1.58. The third-order valence-corrected chi connectivity index (χ3v) is 5.19. The van der Waals surface area contributed by atoms with Gasteiger partial charge in [0.1, 0.15) is 11.6 Å². The summed E-state index contributed by atoms with van der Waals surface area (Å²) >= 11 is 0. The predicted octanol–water partition coefficient (Wildman–Crippen LogP) is 0.762. The smallest absolute Gasteiger partial charge is 0.223 e. The molecule has 212 valence electrons. The highest BCUT2D eigenvalue weighted by atomic mass is 16.6. The van der Waals surface area contributed by atoms with Gasteiger partial charge >= 0.3 is 0 Å². The molecule has 0 aromatic heterocycles. The van der Waals surface area contributed by atoms with Crippen molar-refractivity contribution in [2.45, 2.75) is 39.5 Å². The lowest BCUT2D eigenvalue weighted by Gasteiger charge is -2.18. The van der Waals surface area contributed by atoms with E-state index in [1.807, 2.05) is 13.8 Å². The summed E-state index contributed by atoms with van der Waals surface area (Å²) in [5.41, 5.74) is 5.23. The van der Waals surface area contributed by atoms with E-state index in [9.17, 15) is 14.4 Å². The van der Waals surface area contributed by atoms with Gasteiger partial charge in [-0.25, -0.2) is 0 Å². The zero-order valence-electron chi connectivity index (χ0n) is 22.4. The molecule has 0 unspecified atom stereocenters. The molecule has 36 heavy (non-hydrogen) atoms. The molecule has 0 spiro atoms. The topological polar surface area (TPSA) is 145 Å². The Morgan fingerprint density at radius 1 is 0.639 bits per heavy atom. The van der Waals surface area contributed by atoms with Gasteiger partial charge in [-0.2, -0.15) is 0 Å². The first-order valence-electron chi connectivity index (χ1n) is 12.8. The van der Waals surface area contributed by atoms with E-state index >= 15 is 0 Å². The Morgan fingerprint density at radius 2 is 1.06 bits per heavy atom. The van der Waals surface area contributed by atoms with Gasteiger partial charge in [0, 0.05) is 38.8 Å². The van der Waals surface area contributed by atoms with Crippen molar-refractivity contribution < 1.29 is 42.8 Å². The summed E-state index contributed by atoms with van der Waals surface area (Å²) < 4.78 is 32.4. The summed E-state index contributed by atoms with van der Waals surface area (Å²) in [6.07, 6.45) is 1.67. The van der Waals surface area contributed by atoms with Gasteiger partial charge in [-0.3, -0.25) is 14.4 Å². The van der Waals surface area contributed by atoms with Crippen molar-refractivity contribution in [3.8, 4) is 0 Å². The molecule has 0 saturated heterocycles. The molecule has 11 nitrogen and oxygen atoms in total. The highest BCUT2D eigenvalue weighted by Crippen LogP contribution is 2.16. The van der Waals surface area contributed by atoms with E-state index in [1.165, 1.54) is 0 Å². The summed E-state index contributed by atoms with van der Waals surface area (Å²) in [6.45, 7) is 9.44. The largest absolute Gasteiger partial charge is 0.379 e. The minimum absolute atomic E-state index is 0.0267. The Bertz CT molecular complexity index is 562. The number of nitrogens with one attached hydrogen (secondary N) is 1. The number of amides is 1. The number of nitrogens with two attached hydrogens (primary N) is 1. The van der Waals surface area contributed by atoms with Gasteiger partial charge in [-0.15, -0.1) is 0 Å². The molecule has 0 fully saturated rings. The molecule has 1 amide bonds. The van der Waals surface area contributed by atoms with Gasteiger partial charge in [0.2, 0.25) is 5.91 Å². The first-order chi connectivity index (χ1) is 17.4. The molecule has 0 saturated carbocycles. The maximum absolute atomic E-state index is 12.1. The van der Waals surface area contributed by atoms with Gasteiger partial charge in [0.25, 0.3) is 0 Å². The average molecular weight is 521 g/mol. The van der Waals surface area contributed by atoms with Crippen LogP contribution in [-0.2, 0) is 42.8 Å². The number of Topliss-reactive ketones (excluding diaryl/α,β-unsaturated/α-hetero) is 2. The van der Waals surface area contributed by atoms with Crippen LogP contribution >= 0.6 is 0 Å². The van der Waals surface area contributed by atoms with Crippen LogP contribution in [-0.4, -0.2) is 110 Å². The van der Waals surface area contributed by atoms with Gasteiger partial charge in [-0.05, 0) is 12.3 Å². The predicted molar refractivity (Wildman–Crippen MR) is 135 cm³/mol. The molecule has 0 radical (unpaired) electrons. The Labute approximate surface area is 216 Å². The molecule has 11 heteroatoms. The summed E-state index contributed by atoms with van der Waals surface area (Å²) in [4.78, 5) is 34.9. The van der Waals surface area contributed by atoms with E-state index in [2.05, 4.69) is 5.32 Å². The van der Waals surface area contributed by atoms with Crippen LogP contribution in [0.4, 0.5) is 0 Å². The Hall–Kier alpha value is -1.47. The van der Waals surface area contributed by atoms with Crippen LogP contribution in [0.15, 0.2) is 0 Å². The lowest BCUT2D eigenvalue weighted by molar-refractivity contribution is -0.131. The molecule has 0 bridgehead atoms. The quantitative estimate of drug-likeness (QED) is 0.149. The van der Waals surface area contributed by atoms with E-state index in [1.54, 1.807) is 7.05 Å². The lowest BCUT2D eigenvalue weighted by atomic mass is 9.89. The zero-order valence-corrected chi connectivity index (χ0v) is 22.4. The van der Waals surface area contributed by atoms with Crippen LogP contribution in [0.1, 0.15) is 39.5 Å². The van der Waals surface area contributed by atoms with Crippen LogP contribution < -0.4 is 11.1 Å². The number of hydrogen-bond donors (Lipinski definition) is 2. The maximum atomic E-state index is 12.1. The third kappa shape index (κ3) is 21.8. The van der Waals surface area contributed by atoms with E-state index in [0.717, 1.165) is 0 Å². The van der Waals surface area contributed by atoms with Crippen molar-refractivity contribution in [2.24, 2.45) is 17.6 Å². The van der Waals surface area contributed by atoms with Crippen molar-refractivity contribution in [3.63, 3.8) is 0 Å². The fourth-order valence-electron chi connectivity index (χ4n) is 3.02. The molecule has 0 rings (SSSR count). The minimum atomic E-state index is -0.299. The van der Waals surface area contributed by atoms with Gasteiger partial charge < -0.3 is 39.5 Å². The molecule has 0 aliphatic carbocycles. The Kier molecular flexibility index (Phi) is 24.2. The fraction of sp³-hybridized carbons (Fsp3) is 0.880.